The van der Waals surface area contributed by atoms with E-state index in [0.29, 0.717) is 0 Å². The topological polar surface area (TPSA) is 57.6 Å². The Kier molecular flexibility index (Phi) is 5.11. The van der Waals surface area contributed by atoms with Crippen LogP contribution in [0.2, 0.25) is 0 Å². The Bertz CT molecular complexity index is 386. The number of nitrogens with zero attached hydrogens (tertiary/aromatic N) is 1. The smallest absolute Gasteiger partial charge is 0.242 e. The summed E-state index contributed by atoms with van der Waals surface area (Å²) >= 11 is 0. The van der Waals surface area contributed by atoms with Gasteiger partial charge in [0.15, 0.2) is 0 Å². The van der Waals surface area contributed by atoms with Gasteiger partial charge in [-0.25, -0.2) is 12.7 Å². The van der Waals surface area contributed by atoms with Gasteiger partial charge in [-0.3, -0.25) is 0 Å². The summed E-state index contributed by atoms with van der Waals surface area (Å²) in [5.74, 6) is 0.0534. The Labute approximate surface area is 106 Å². The zero-order chi connectivity index (χ0) is 10.1. The van der Waals surface area contributed by atoms with Gasteiger partial charge in [0.1, 0.15) is 5.75 Å². The Morgan fingerprint density at radius 1 is 1.14 bits per heavy atom. The number of phenols is 1. The molecule has 0 aromatic heterocycles. The van der Waals surface area contributed by atoms with Crippen molar-refractivity contribution in [3.8, 4) is 5.75 Å². The van der Waals surface area contributed by atoms with Gasteiger partial charge in [0.2, 0.25) is 10.0 Å². The van der Waals surface area contributed by atoms with Crippen LogP contribution in [0.25, 0.3) is 0 Å². The molecule has 0 aliphatic rings. The first-order chi connectivity index (χ1) is 5.94. The summed E-state index contributed by atoms with van der Waals surface area (Å²) in [5.41, 5.74) is 0. The maximum absolute atomic E-state index is 11.5. The van der Waals surface area contributed by atoms with E-state index in [4.69, 9.17) is 5.11 Å². The fourth-order valence-corrected chi connectivity index (χ4v) is 1.73. The molecule has 0 aliphatic heterocycles. The van der Waals surface area contributed by atoms with Crippen molar-refractivity contribution in [2.75, 3.05) is 14.1 Å². The molecule has 0 aliphatic carbocycles. The van der Waals surface area contributed by atoms with Crippen molar-refractivity contribution < 1.29 is 13.5 Å². The SMILES string of the molecule is CN(C)S(=O)(=O)c1ccc(O)cc1.[Na]. The third-order valence-electron chi connectivity index (χ3n) is 1.62. The fourth-order valence-electron chi connectivity index (χ4n) is 0.829. The van der Waals surface area contributed by atoms with Crippen LogP contribution in [0, 0.1) is 0 Å². The molecule has 1 aromatic rings. The van der Waals surface area contributed by atoms with Crippen molar-refractivity contribution >= 4 is 39.6 Å². The molecule has 0 heterocycles. The molecule has 0 fully saturated rings. The van der Waals surface area contributed by atoms with Gasteiger partial charge in [-0.15, -0.1) is 0 Å². The molecule has 0 saturated heterocycles. The van der Waals surface area contributed by atoms with Crippen molar-refractivity contribution in [2.45, 2.75) is 4.90 Å². The molecular weight excluding hydrogens is 213 g/mol. The number of rotatable bonds is 2. The normalized spacial score (nSPS) is 11.1. The summed E-state index contributed by atoms with van der Waals surface area (Å²) in [5, 5.41) is 8.95. The minimum atomic E-state index is -3.37. The first-order valence-corrected chi connectivity index (χ1v) is 5.10. The molecule has 4 nitrogen and oxygen atoms in total. The number of phenolic OH excluding ortho intramolecular Hbond substituents is 1. The average Bonchev–Trinajstić information content (AvgIpc) is 2.04. The summed E-state index contributed by atoms with van der Waals surface area (Å²) in [6.45, 7) is 0. The van der Waals surface area contributed by atoms with Crippen LogP contribution in [-0.2, 0) is 10.0 Å². The largest absolute Gasteiger partial charge is 0.508 e. The molecule has 0 unspecified atom stereocenters. The summed E-state index contributed by atoms with van der Waals surface area (Å²) in [6, 6.07) is 5.42. The monoisotopic (exact) mass is 224 g/mol. The van der Waals surface area contributed by atoms with Crippen LogP contribution in [-0.4, -0.2) is 61.5 Å². The Balaban J connectivity index is 0.00000169. The van der Waals surface area contributed by atoms with Gasteiger partial charge in [0.25, 0.3) is 0 Å². The van der Waals surface area contributed by atoms with Gasteiger partial charge in [-0.05, 0) is 24.3 Å². The van der Waals surface area contributed by atoms with Crippen LogP contribution < -0.4 is 0 Å². The van der Waals surface area contributed by atoms with Crippen LogP contribution >= 0.6 is 0 Å². The van der Waals surface area contributed by atoms with Crippen LogP contribution in [0.4, 0.5) is 0 Å². The maximum Gasteiger partial charge on any atom is 0.242 e. The van der Waals surface area contributed by atoms with Crippen LogP contribution in [0.15, 0.2) is 29.2 Å². The molecule has 73 valence electrons. The molecular formula is C8H11NNaO3S. The second-order valence-electron chi connectivity index (χ2n) is 2.78. The van der Waals surface area contributed by atoms with Crippen LogP contribution in [0.1, 0.15) is 0 Å². The number of hydrogen-bond donors (Lipinski definition) is 1. The third-order valence-corrected chi connectivity index (χ3v) is 3.44. The van der Waals surface area contributed by atoms with E-state index in [1.54, 1.807) is 0 Å². The molecule has 0 spiro atoms. The zero-order valence-electron chi connectivity index (χ0n) is 8.43. The third kappa shape index (κ3) is 2.96. The molecule has 1 rings (SSSR count). The number of sulfonamides is 1. The summed E-state index contributed by atoms with van der Waals surface area (Å²) < 4.78 is 24.1. The van der Waals surface area contributed by atoms with E-state index in [0.717, 1.165) is 4.31 Å². The quantitative estimate of drug-likeness (QED) is 0.733. The predicted octanol–water partition coefficient (Wildman–Crippen LogP) is 0.262. The summed E-state index contributed by atoms with van der Waals surface area (Å²) in [6.07, 6.45) is 0. The molecule has 1 N–H and O–H groups in total. The van der Waals surface area contributed by atoms with Crippen molar-refractivity contribution in [3.05, 3.63) is 24.3 Å². The van der Waals surface area contributed by atoms with E-state index in [1.807, 2.05) is 0 Å². The minimum Gasteiger partial charge on any atom is -0.508 e. The van der Waals surface area contributed by atoms with Gasteiger partial charge in [0.05, 0.1) is 4.90 Å². The number of hydrogen-bond acceptors (Lipinski definition) is 3. The van der Waals surface area contributed by atoms with Crippen molar-refractivity contribution in [1.82, 2.24) is 4.31 Å². The van der Waals surface area contributed by atoms with Crippen molar-refractivity contribution in [1.29, 1.82) is 0 Å². The standard InChI is InChI=1S/C8H11NO3S.Na/c1-9(2)13(11,12)8-5-3-7(10)4-6-8;/h3-6,10H,1-2H3;. The van der Waals surface area contributed by atoms with Crippen molar-refractivity contribution in [3.63, 3.8) is 0 Å². The molecule has 1 radical (unpaired) electrons. The molecule has 0 amide bonds. The molecule has 6 heteroatoms. The summed E-state index contributed by atoms with van der Waals surface area (Å²) in [4.78, 5) is 0.176. The molecule has 1 aromatic carbocycles. The van der Waals surface area contributed by atoms with E-state index in [1.165, 1.54) is 38.4 Å². The first kappa shape index (κ1) is 13.9. The van der Waals surface area contributed by atoms with Gasteiger partial charge < -0.3 is 5.11 Å². The van der Waals surface area contributed by atoms with E-state index in [2.05, 4.69) is 0 Å². The van der Waals surface area contributed by atoms with Crippen molar-refractivity contribution in [2.24, 2.45) is 0 Å². The number of aromatic hydroxyl groups is 1. The van der Waals surface area contributed by atoms with Crippen LogP contribution in [0.3, 0.4) is 0 Å². The van der Waals surface area contributed by atoms with E-state index >= 15 is 0 Å². The first-order valence-electron chi connectivity index (χ1n) is 3.66. The van der Waals surface area contributed by atoms with E-state index in [9.17, 15) is 8.42 Å². The molecule has 0 bridgehead atoms. The minimum absolute atomic E-state index is 0. The van der Waals surface area contributed by atoms with Crippen LogP contribution in [0.5, 0.6) is 5.75 Å². The fraction of sp³-hybridized carbons (Fsp3) is 0.250. The molecule has 0 atom stereocenters. The Morgan fingerprint density at radius 2 is 1.57 bits per heavy atom. The van der Waals surface area contributed by atoms with Gasteiger partial charge >= 0.3 is 0 Å². The second kappa shape index (κ2) is 5.14. The average molecular weight is 224 g/mol. The second-order valence-corrected chi connectivity index (χ2v) is 4.93. The predicted molar refractivity (Wildman–Crippen MR) is 54.7 cm³/mol. The number of benzene rings is 1. The van der Waals surface area contributed by atoms with Gasteiger partial charge in [0, 0.05) is 43.7 Å². The summed E-state index contributed by atoms with van der Waals surface area (Å²) in [7, 11) is -0.450. The molecule has 14 heavy (non-hydrogen) atoms. The Morgan fingerprint density at radius 3 is 1.93 bits per heavy atom. The maximum atomic E-state index is 11.5. The van der Waals surface area contributed by atoms with Gasteiger partial charge in [-0.2, -0.15) is 0 Å². The molecule has 0 saturated carbocycles. The zero-order valence-corrected chi connectivity index (χ0v) is 11.2. The van der Waals surface area contributed by atoms with E-state index < -0.39 is 10.0 Å². The van der Waals surface area contributed by atoms with E-state index in [-0.39, 0.29) is 40.2 Å². The Hall–Kier alpha value is -0.0700. The van der Waals surface area contributed by atoms with Gasteiger partial charge in [-0.1, -0.05) is 0 Å².